The highest BCUT2D eigenvalue weighted by molar-refractivity contribution is 5.81. The molecular weight excluding hydrogens is 342 g/mol. The van der Waals surface area contributed by atoms with Gasteiger partial charge in [0.15, 0.2) is 5.96 Å². The Morgan fingerprint density at radius 3 is 2.30 bits per heavy atom. The van der Waals surface area contributed by atoms with Crippen LogP contribution in [0.15, 0.2) is 4.99 Å². The standard InChI is InChI=1S/C20H41N5O2/c1-7-21-19(23-9-8-22-18(26)20(4,5)6)24-15-17(14-16(2)3)25-10-12-27-13-11-25/h16-17H,7-15H2,1-6H3,(H,22,26)(H2,21,23,24). The van der Waals surface area contributed by atoms with Crippen LogP contribution in [0.5, 0.6) is 0 Å². The van der Waals surface area contributed by atoms with E-state index in [1.54, 1.807) is 0 Å². The van der Waals surface area contributed by atoms with E-state index >= 15 is 0 Å². The van der Waals surface area contributed by atoms with E-state index in [-0.39, 0.29) is 11.3 Å². The number of amides is 1. The Bertz CT molecular complexity index is 454. The SMILES string of the molecule is CCNC(=NCC(CC(C)C)N1CCOCC1)NCCNC(=O)C(C)(C)C. The monoisotopic (exact) mass is 383 g/mol. The summed E-state index contributed by atoms with van der Waals surface area (Å²) < 4.78 is 5.49. The number of rotatable bonds is 9. The van der Waals surface area contributed by atoms with Gasteiger partial charge in [0, 0.05) is 44.2 Å². The number of aliphatic imine (C=N–C) groups is 1. The summed E-state index contributed by atoms with van der Waals surface area (Å²) in [4.78, 5) is 19.2. The van der Waals surface area contributed by atoms with Crippen molar-refractivity contribution in [3.8, 4) is 0 Å². The molecule has 0 aromatic heterocycles. The molecular formula is C20H41N5O2. The van der Waals surface area contributed by atoms with Crippen LogP contribution in [0.1, 0.15) is 48.0 Å². The van der Waals surface area contributed by atoms with Gasteiger partial charge in [-0.05, 0) is 19.3 Å². The number of guanidine groups is 1. The Labute approximate surface area is 165 Å². The first kappa shape index (κ1) is 23.7. The summed E-state index contributed by atoms with van der Waals surface area (Å²) in [6.07, 6.45) is 1.13. The van der Waals surface area contributed by atoms with Crippen LogP contribution in [-0.4, -0.2) is 75.3 Å². The fourth-order valence-electron chi connectivity index (χ4n) is 2.99. The number of morpholine rings is 1. The highest BCUT2D eigenvalue weighted by Crippen LogP contribution is 2.14. The minimum Gasteiger partial charge on any atom is -0.379 e. The molecule has 0 saturated carbocycles. The van der Waals surface area contributed by atoms with Crippen LogP contribution in [0.4, 0.5) is 0 Å². The lowest BCUT2D eigenvalue weighted by Crippen LogP contribution is -2.47. The Morgan fingerprint density at radius 1 is 1.11 bits per heavy atom. The molecule has 1 atom stereocenters. The maximum Gasteiger partial charge on any atom is 0.225 e. The molecule has 0 aromatic carbocycles. The van der Waals surface area contributed by atoms with Crippen molar-refractivity contribution < 1.29 is 9.53 Å². The van der Waals surface area contributed by atoms with Gasteiger partial charge in [-0.2, -0.15) is 0 Å². The Morgan fingerprint density at radius 2 is 1.74 bits per heavy atom. The van der Waals surface area contributed by atoms with E-state index in [2.05, 4.69) is 41.6 Å². The topological polar surface area (TPSA) is 78.0 Å². The molecule has 3 N–H and O–H groups in total. The lowest BCUT2D eigenvalue weighted by Gasteiger charge is -2.34. The van der Waals surface area contributed by atoms with Gasteiger partial charge in [0.05, 0.1) is 19.8 Å². The van der Waals surface area contributed by atoms with Crippen LogP contribution in [0.2, 0.25) is 0 Å². The molecule has 1 aliphatic rings. The molecule has 1 unspecified atom stereocenters. The van der Waals surface area contributed by atoms with Gasteiger partial charge in [-0.15, -0.1) is 0 Å². The van der Waals surface area contributed by atoms with Gasteiger partial charge in [-0.1, -0.05) is 34.6 Å². The van der Waals surface area contributed by atoms with Crippen molar-refractivity contribution in [3.05, 3.63) is 0 Å². The Balaban J connectivity index is 2.54. The second-order valence-electron chi connectivity index (χ2n) is 8.58. The molecule has 1 heterocycles. The molecule has 7 heteroatoms. The van der Waals surface area contributed by atoms with Crippen LogP contribution in [0.3, 0.4) is 0 Å². The van der Waals surface area contributed by atoms with E-state index in [9.17, 15) is 4.79 Å². The van der Waals surface area contributed by atoms with Crippen LogP contribution in [0, 0.1) is 11.3 Å². The second kappa shape index (κ2) is 12.2. The van der Waals surface area contributed by atoms with E-state index < -0.39 is 0 Å². The van der Waals surface area contributed by atoms with E-state index in [1.165, 1.54) is 0 Å². The largest absolute Gasteiger partial charge is 0.379 e. The number of nitrogens with zero attached hydrogens (tertiary/aromatic N) is 2. The van der Waals surface area contributed by atoms with Gasteiger partial charge in [0.2, 0.25) is 5.91 Å². The Hall–Kier alpha value is -1.34. The summed E-state index contributed by atoms with van der Waals surface area (Å²) >= 11 is 0. The van der Waals surface area contributed by atoms with Gasteiger partial charge >= 0.3 is 0 Å². The zero-order valence-electron chi connectivity index (χ0n) is 18.2. The average molecular weight is 384 g/mol. The lowest BCUT2D eigenvalue weighted by atomic mass is 9.96. The van der Waals surface area contributed by atoms with E-state index in [0.717, 1.165) is 51.8 Å². The third kappa shape index (κ3) is 9.96. The van der Waals surface area contributed by atoms with Gasteiger partial charge < -0.3 is 20.7 Å². The van der Waals surface area contributed by atoms with E-state index in [4.69, 9.17) is 9.73 Å². The molecule has 1 amide bonds. The molecule has 1 aliphatic heterocycles. The molecule has 1 fully saturated rings. The van der Waals surface area contributed by atoms with Crippen molar-refractivity contribution in [1.29, 1.82) is 0 Å². The molecule has 1 rings (SSSR count). The first-order valence-corrected chi connectivity index (χ1v) is 10.4. The highest BCUT2D eigenvalue weighted by atomic mass is 16.5. The highest BCUT2D eigenvalue weighted by Gasteiger charge is 2.22. The molecule has 158 valence electrons. The van der Waals surface area contributed by atoms with Gasteiger partial charge in [-0.3, -0.25) is 14.7 Å². The predicted octanol–water partition coefficient (Wildman–Crippen LogP) is 1.45. The number of hydrogen-bond donors (Lipinski definition) is 3. The minimum absolute atomic E-state index is 0.0653. The van der Waals surface area contributed by atoms with Gasteiger partial charge in [-0.25, -0.2) is 0 Å². The van der Waals surface area contributed by atoms with Crippen molar-refractivity contribution in [1.82, 2.24) is 20.9 Å². The summed E-state index contributed by atoms with van der Waals surface area (Å²) in [6, 6.07) is 0.435. The van der Waals surface area contributed by atoms with Crippen molar-refractivity contribution in [2.75, 3.05) is 52.5 Å². The van der Waals surface area contributed by atoms with Gasteiger partial charge in [0.1, 0.15) is 0 Å². The molecule has 0 radical (unpaired) electrons. The third-order valence-corrected chi connectivity index (χ3v) is 4.49. The summed E-state index contributed by atoms with van der Waals surface area (Å²) in [5.74, 6) is 1.51. The second-order valence-corrected chi connectivity index (χ2v) is 8.58. The maximum atomic E-state index is 11.9. The van der Waals surface area contributed by atoms with Crippen molar-refractivity contribution >= 4 is 11.9 Å². The number of carbonyl (C=O) groups excluding carboxylic acids is 1. The van der Waals surface area contributed by atoms with Crippen LogP contribution < -0.4 is 16.0 Å². The normalized spacial score (nSPS) is 17.7. The molecule has 27 heavy (non-hydrogen) atoms. The van der Waals surface area contributed by atoms with Crippen LogP contribution in [0.25, 0.3) is 0 Å². The fraction of sp³-hybridized carbons (Fsp3) is 0.900. The zero-order valence-corrected chi connectivity index (χ0v) is 18.2. The zero-order chi connectivity index (χ0) is 20.3. The Kier molecular flexibility index (Phi) is 10.7. The molecule has 0 bridgehead atoms. The smallest absolute Gasteiger partial charge is 0.225 e. The summed E-state index contributed by atoms with van der Waals surface area (Å²) in [6.45, 7) is 18.7. The summed E-state index contributed by atoms with van der Waals surface area (Å²) in [5.41, 5.74) is -0.360. The summed E-state index contributed by atoms with van der Waals surface area (Å²) in [5, 5.41) is 9.57. The van der Waals surface area contributed by atoms with Crippen molar-refractivity contribution in [2.24, 2.45) is 16.3 Å². The first-order chi connectivity index (χ1) is 12.7. The average Bonchev–Trinajstić information content (AvgIpc) is 2.61. The number of nitrogens with one attached hydrogen (secondary N) is 3. The third-order valence-electron chi connectivity index (χ3n) is 4.49. The molecule has 1 saturated heterocycles. The first-order valence-electron chi connectivity index (χ1n) is 10.4. The van der Waals surface area contributed by atoms with Crippen molar-refractivity contribution in [3.63, 3.8) is 0 Å². The quantitative estimate of drug-likeness (QED) is 0.319. The lowest BCUT2D eigenvalue weighted by molar-refractivity contribution is -0.128. The van der Waals surface area contributed by atoms with Crippen molar-refractivity contribution in [2.45, 2.75) is 54.0 Å². The number of hydrogen-bond acceptors (Lipinski definition) is 4. The summed E-state index contributed by atoms with van der Waals surface area (Å²) in [7, 11) is 0. The number of carbonyl (C=O) groups is 1. The van der Waals surface area contributed by atoms with Gasteiger partial charge in [0.25, 0.3) is 0 Å². The molecule has 7 nitrogen and oxygen atoms in total. The molecule has 0 spiro atoms. The molecule has 0 aromatic rings. The van der Waals surface area contributed by atoms with Crippen LogP contribution >= 0.6 is 0 Å². The maximum absolute atomic E-state index is 11.9. The van der Waals surface area contributed by atoms with E-state index in [0.29, 0.717) is 25.0 Å². The minimum atomic E-state index is -0.360. The molecule has 0 aliphatic carbocycles. The van der Waals surface area contributed by atoms with Crippen LogP contribution in [-0.2, 0) is 9.53 Å². The fourth-order valence-corrected chi connectivity index (χ4v) is 2.99. The van der Waals surface area contributed by atoms with E-state index in [1.807, 2.05) is 20.8 Å². The predicted molar refractivity (Wildman–Crippen MR) is 112 cm³/mol. The number of ether oxygens (including phenoxy) is 1.